The van der Waals surface area contributed by atoms with E-state index in [0.717, 1.165) is 0 Å². The van der Waals surface area contributed by atoms with Gasteiger partial charge >= 0.3 is 5.97 Å². The van der Waals surface area contributed by atoms with Crippen LogP contribution in [-0.2, 0) is 14.3 Å². The molecule has 4 heteroatoms. The second kappa shape index (κ2) is 7.07. The predicted molar refractivity (Wildman–Crippen MR) is 50.3 cm³/mol. The molecule has 0 heterocycles. The van der Waals surface area contributed by atoms with Crippen LogP contribution in [-0.4, -0.2) is 18.4 Å². The van der Waals surface area contributed by atoms with Crippen LogP contribution in [0.4, 0.5) is 0 Å². The zero-order valence-electron chi connectivity index (χ0n) is 8.58. The number of nitriles is 1. The number of carbonyl (C=O) groups excluding carboxylic acids is 2. The summed E-state index contributed by atoms with van der Waals surface area (Å²) in [6, 6.07) is 1.93. The number of hydrogen-bond acceptors (Lipinski definition) is 4. The van der Waals surface area contributed by atoms with Crippen molar-refractivity contribution in [3.05, 3.63) is 0 Å². The van der Waals surface area contributed by atoms with Gasteiger partial charge < -0.3 is 4.74 Å². The highest BCUT2D eigenvalue weighted by Gasteiger charge is 2.19. The Hall–Kier alpha value is -1.37. The lowest BCUT2D eigenvalue weighted by molar-refractivity contribution is -0.146. The lowest BCUT2D eigenvalue weighted by Crippen LogP contribution is -2.18. The monoisotopic (exact) mass is 197 g/mol. The van der Waals surface area contributed by atoms with Crippen LogP contribution in [0.5, 0.6) is 0 Å². The molecule has 0 aliphatic rings. The van der Waals surface area contributed by atoms with Crippen LogP contribution >= 0.6 is 0 Å². The van der Waals surface area contributed by atoms with Crippen molar-refractivity contribution in [3.63, 3.8) is 0 Å². The maximum atomic E-state index is 11.4. The number of hydrogen-bond donors (Lipinski definition) is 0. The summed E-state index contributed by atoms with van der Waals surface area (Å²) in [5.74, 6) is -1.04. The molecule has 14 heavy (non-hydrogen) atoms. The summed E-state index contributed by atoms with van der Waals surface area (Å²) in [6.07, 6.45) is 0.550. The van der Waals surface area contributed by atoms with Gasteiger partial charge in [-0.05, 0) is 13.3 Å². The molecule has 4 nitrogen and oxygen atoms in total. The van der Waals surface area contributed by atoms with Gasteiger partial charge in [0.15, 0.2) is 0 Å². The number of esters is 1. The number of ether oxygens (including phenoxy) is 1. The minimum atomic E-state index is -0.506. The summed E-state index contributed by atoms with van der Waals surface area (Å²) in [7, 11) is 0. The van der Waals surface area contributed by atoms with Crippen molar-refractivity contribution < 1.29 is 14.3 Å². The highest BCUT2D eigenvalue weighted by Crippen LogP contribution is 2.11. The molecule has 1 unspecified atom stereocenters. The molecule has 0 N–H and O–H groups in total. The average molecular weight is 197 g/mol. The molecule has 0 spiro atoms. The first kappa shape index (κ1) is 12.6. The van der Waals surface area contributed by atoms with Gasteiger partial charge in [0, 0.05) is 12.3 Å². The van der Waals surface area contributed by atoms with Crippen molar-refractivity contribution in [3.8, 4) is 6.07 Å². The van der Waals surface area contributed by atoms with Crippen LogP contribution in [0, 0.1) is 17.2 Å². The molecule has 0 radical (unpaired) electrons. The molecule has 1 atom stereocenters. The quantitative estimate of drug-likeness (QED) is 0.477. The van der Waals surface area contributed by atoms with E-state index < -0.39 is 5.97 Å². The Morgan fingerprint density at radius 1 is 1.43 bits per heavy atom. The van der Waals surface area contributed by atoms with Crippen LogP contribution in [0.3, 0.4) is 0 Å². The van der Waals surface area contributed by atoms with E-state index in [-0.39, 0.29) is 31.1 Å². The molecule has 0 amide bonds. The van der Waals surface area contributed by atoms with E-state index in [1.807, 2.05) is 13.0 Å². The van der Waals surface area contributed by atoms with Gasteiger partial charge in [0.1, 0.15) is 12.2 Å². The Bertz CT molecular complexity index is 242. The van der Waals surface area contributed by atoms with Crippen LogP contribution in [0.15, 0.2) is 0 Å². The molecular formula is C10H15NO3. The summed E-state index contributed by atoms with van der Waals surface area (Å²) in [5.41, 5.74) is 0. The van der Waals surface area contributed by atoms with E-state index in [0.29, 0.717) is 6.42 Å². The fourth-order valence-electron chi connectivity index (χ4n) is 1.09. The van der Waals surface area contributed by atoms with Crippen LogP contribution in [0.2, 0.25) is 0 Å². The van der Waals surface area contributed by atoms with Crippen molar-refractivity contribution in [2.24, 2.45) is 5.92 Å². The number of carbonyl (C=O) groups is 2. The van der Waals surface area contributed by atoms with Crippen LogP contribution in [0.1, 0.15) is 33.1 Å². The Labute approximate surface area is 83.9 Å². The molecule has 0 aromatic heterocycles. The summed E-state index contributed by atoms with van der Waals surface area (Å²) in [5, 5.41) is 8.44. The van der Waals surface area contributed by atoms with Gasteiger partial charge in [0.05, 0.1) is 12.7 Å². The van der Waals surface area contributed by atoms with Gasteiger partial charge in [-0.1, -0.05) is 6.92 Å². The van der Waals surface area contributed by atoms with Gasteiger partial charge in [-0.2, -0.15) is 5.26 Å². The van der Waals surface area contributed by atoms with Gasteiger partial charge in [-0.15, -0.1) is 0 Å². The van der Waals surface area contributed by atoms with E-state index in [4.69, 9.17) is 5.26 Å². The molecule has 0 bridgehead atoms. The molecule has 0 aromatic rings. The third-order valence-corrected chi connectivity index (χ3v) is 1.91. The van der Waals surface area contributed by atoms with E-state index >= 15 is 0 Å². The predicted octanol–water partition coefficient (Wildman–Crippen LogP) is 1.45. The number of Topliss-reactive ketones (excluding diaryl/α,β-unsaturated/α-hetero) is 1. The highest BCUT2D eigenvalue weighted by molar-refractivity contribution is 5.96. The first-order valence-electron chi connectivity index (χ1n) is 4.70. The Balaban J connectivity index is 4.05. The molecule has 0 aliphatic carbocycles. The summed E-state index contributed by atoms with van der Waals surface area (Å²) in [6.45, 7) is 3.79. The number of nitrogens with zero attached hydrogens (tertiary/aromatic N) is 1. The van der Waals surface area contributed by atoms with E-state index in [9.17, 15) is 9.59 Å². The lowest BCUT2D eigenvalue weighted by atomic mass is 9.96. The maximum absolute atomic E-state index is 11.4. The Kier molecular flexibility index (Phi) is 6.38. The molecule has 0 fully saturated rings. The molecule has 0 rings (SSSR count). The standard InChI is InChI=1S/C10H15NO3/c1-3-8(5-6-11)9(12)7-10(13)14-4-2/h8H,3-5,7H2,1-2H3. The van der Waals surface area contributed by atoms with E-state index in [1.165, 1.54) is 0 Å². The third-order valence-electron chi connectivity index (χ3n) is 1.91. The molecule has 0 saturated carbocycles. The van der Waals surface area contributed by atoms with Crippen molar-refractivity contribution in [1.82, 2.24) is 0 Å². The maximum Gasteiger partial charge on any atom is 0.313 e. The number of ketones is 1. The fourth-order valence-corrected chi connectivity index (χ4v) is 1.09. The second-order valence-corrected chi connectivity index (χ2v) is 2.92. The van der Waals surface area contributed by atoms with Crippen LogP contribution in [0.25, 0.3) is 0 Å². The van der Waals surface area contributed by atoms with Crippen molar-refractivity contribution in [1.29, 1.82) is 5.26 Å². The summed E-state index contributed by atoms with van der Waals surface area (Å²) in [4.78, 5) is 22.3. The summed E-state index contributed by atoms with van der Waals surface area (Å²) >= 11 is 0. The fraction of sp³-hybridized carbons (Fsp3) is 0.700. The van der Waals surface area contributed by atoms with Crippen LogP contribution < -0.4 is 0 Å². The Morgan fingerprint density at radius 2 is 2.07 bits per heavy atom. The van der Waals surface area contributed by atoms with Crippen molar-refractivity contribution in [2.75, 3.05) is 6.61 Å². The molecule has 78 valence electrons. The lowest BCUT2D eigenvalue weighted by Gasteiger charge is -2.08. The van der Waals surface area contributed by atoms with Gasteiger partial charge in [-0.25, -0.2) is 0 Å². The third kappa shape index (κ3) is 4.61. The topological polar surface area (TPSA) is 67.2 Å². The molecule has 0 saturated heterocycles. The minimum Gasteiger partial charge on any atom is -0.466 e. The van der Waals surface area contributed by atoms with Gasteiger partial charge in [-0.3, -0.25) is 9.59 Å². The highest BCUT2D eigenvalue weighted by atomic mass is 16.5. The molecular weight excluding hydrogens is 182 g/mol. The van der Waals surface area contributed by atoms with Crippen molar-refractivity contribution in [2.45, 2.75) is 33.1 Å². The first-order chi connectivity index (χ1) is 6.65. The zero-order valence-corrected chi connectivity index (χ0v) is 8.58. The largest absolute Gasteiger partial charge is 0.466 e. The number of rotatable bonds is 6. The average Bonchev–Trinajstić information content (AvgIpc) is 2.14. The van der Waals surface area contributed by atoms with E-state index in [1.54, 1.807) is 6.92 Å². The zero-order chi connectivity index (χ0) is 11.0. The van der Waals surface area contributed by atoms with Gasteiger partial charge in [0.25, 0.3) is 0 Å². The second-order valence-electron chi connectivity index (χ2n) is 2.92. The molecule has 0 aliphatic heterocycles. The normalized spacial score (nSPS) is 11.5. The first-order valence-corrected chi connectivity index (χ1v) is 4.70. The molecule has 0 aromatic carbocycles. The Morgan fingerprint density at radius 3 is 2.50 bits per heavy atom. The summed E-state index contributed by atoms with van der Waals surface area (Å²) < 4.78 is 4.64. The van der Waals surface area contributed by atoms with Crippen molar-refractivity contribution >= 4 is 11.8 Å². The SMILES string of the molecule is CCOC(=O)CC(=O)C(CC)CC#N. The van der Waals surface area contributed by atoms with Gasteiger partial charge in [0.2, 0.25) is 0 Å². The van der Waals surface area contributed by atoms with E-state index in [2.05, 4.69) is 4.74 Å². The smallest absolute Gasteiger partial charge is 0.313 e. The minimum absolute atomic E-state index is 0.175.